The number of nitrogens with one attached hydrogen (secondary N) is 1. The average Bonchev–Trinajstić information content (AvgIpc) is 3.33. The Labute approximate surface area is 158 Å². The largest absolute Gasteiger partial charge is 0.395 e. The summed E-state index contributed by atoms with van der Waals surface area (Å²) in [6, 6.07) is 17.2. The lowest BCUT2D eigenvalue weighted by atomic mass is 9.72. The Morgan fingerprint density at radius 1 is 1.07 bits per heavy atom. The summed E-state index contributed by atoms with van der Waals surface area (Å²) in [5.74, 6) is -0.0605. The van der Waals surface area contributed by atoms with Crippen LogP contribution in [0.3, 0.4) is 0 Å². The molecule has 27 heavy (non-hydrogen) atoms. The Balaban J connectivity index is 1.67. The second kappa shape index (κ2) is 5.67. The van der Waals surface area contributed by atoms with E-state index in [1.54, 1.807) is 0 Å². The first-order valence-electron chi connectivity index (χ1n) is 9.50. The van der Waals surface area contributed by atoms with Crippen LogP contribution in [0.5, 0.6) is 0 Å². The Bertz CT molecular complexity index is 922. The lowest BCUT2D eigenvalue weighted by molar-refractivity contribution is -0.140. The Kier molecular flexibility index (Phi) is 3.46. The summed E-state index contributed by atoms with van der Waals surface area (Å²) in [6.45, 7) is 0.390. The molecule has 2 aromatic rings. The monoisotopic (exact) mass is 362 g/mol. The molecule has 1 aliphatic carbocycles. The molecule has 2 aromatic carbocycles. The van der Waals surface area contributed by atoms with Crippen molar-refractivity contribution in [2.24, 2.45) is 5.41 Å². The molecule has 2 N–H and O–H groups in total. The third-order valence-electron chi connectivity index (χ3n) is 6.57. The Morgan fingerprint density at radius 2 is 1.78 bits per heavy atom. The molecule has 2 fully saturated rings. The minimum absolute atomic E-state index is 0.0205. The Hall–Kier alpha value is -2.66. The molecule has 1 saturated carbocycles. The van der Waals surface area contributed by atoms with Crippen LogP contribution in [0.1, 0.15) is 36.4 Å². The zero-order chi connectivity index (χ0) is 18.6. The molecule has 3 aliphatic rings. The van der Waals surface area contributed by atoms with E-state index in [0.29, 0.717) is 13.0 Å². The van der Waals surface area contributed by atoms with Gasteiger partial charge in [-0.05, 0) is 36.5 Å². The van der Waals surface area contributed by atoms with E-state index in [1.807, 2.05) is 59.5 Å². The fourth-order valence-electron chi connectivity index (χ4n) is 4.90. The van der Waals surface area contributed by atoms with Crippen LogP contribution in [-0.2, 0) is 15.0 Å². The summed E-state index contributed by atoms with van der Waals surface area (Å²) in [5, 5.41) is 12.8. The van der Waals surface area contributed by atoms with E-state index in [-0.39, 0.29) is 24.5 Å². The molecule has 2 aliphatic heterocycles. The van der Waals surface area contributed by atoms with Gasteiger partial charge in [-0.3, -0.25) is 9.59 Å². The maximum absolute atomic E-state index is 13.3. The van der Waals surface area contributed by atoms with E-state index in [0.717, 1.165) is 29.7 Å². The number of amides is 2. The standard InChI is InChI=1S/C22H22N2O3/c25-14-21(10-11-21)20(27)24-13-12-22(18(24)15-6-2-1-3-7-15)16-8-4-5-9-17(16)23-19(22)26/h1-9,18,25H,10-14H2,(H,23,26)/t18-,22+/m0/s1. The van der Waals surface area contributed by atoms with E-state index in [9.17, 15) is 14.7 Å². The molecular weight excluding hydrogens is 340 g/mol. The molecule has 5 rings (SSSR count). The van der Waals surface area contributed by atoms with Gasteiger partial charge in [0.1, 0.15) is 5.41 Å². The molecule has 138 valence electrons. The number of anilines is 1. The van der Waals surface area contributed by atoms with Crippen LogP contribution in [0.2, 0.25) is 0 Å². The molecular formula is C22H22N2O3. The van der Waals surface area contributed by atoms with Gasteiger partial charge in [0.05, 0.1) is 18.1 Å². The van der Waals surface area contributed by atoms with Crippen molar-refractivity contribution in [3.8, 4) is 0 Å². The third-order valence-corrected chi connectivity index (χ3v) is 6.57. The van der Waals surface area contributed by atoms with Crippen LogP contribution in [0.4, 0.5) is 5.69 Å². The number of nitrogens with zero attached hydrogens (tertiary/aromatic N) is 1. The minimum atomic E-state index is -0.779. The predicted molar refractivity (Wildman–Crippen MR) is 101 cm³/mol. The number of carbonyl (C=O) groups excluding carboxylic acids is 2. The molecule has 0 aromatic heterocycles. The molecule has 2 heterocycles. The van der Waals surface area contributed by atoms with Gasteiger partial charge in [-0.25, -0.2) is 0 Å². The van der Waals surface area contributed by atoms with E-state index < -0.39 is 10.8 Å². The average molecular weight is 362 g/mol. The van der Waals surface area contributed by atoms with Gasteiger partial charge < -0.3 is 15.3 Å². The van der Waals surface area contributed by atoms with Crippen LogP contribution in [0.15, 0.2) is 54.6 Å². The van der Waals surface area contributed by atoms with Gasteiger partial charge in [-0.2, -0.15) is 0 Å². The molecule has 2 atom stereocenters. The zero-order valence-corrected chi connectivity index (χ0v) is 15.0. The number of fused-ring (bicyclic) bond motifs is 2. The molecule has 0 bridgehead atoms. The van der Waals surface area contributed by atoms with Crippen LogP contribution in [-0.4, -0.2) is 35.0 Å². The molecule has 0 radical (unpaired) electrons. The van der Waals surface area contributed by atoms with E-state index in [4.69, 9.17) is 0 Å². The lowest BCUT2D eigenvalue weighted by Crippen LogP contribution is -2.45. The van der Waals surface area contributed by atoms with Gasteiger partial charge in [0.15, 0.2) is 0 Å². The number of hydrogen-bond donors (Lipinski definition) is 2. The van der Waals surface area contributed by atoms with E-state index in [1.165, 1.54) is 0 Å². The second-order valence-electron chi connectivity index (χ2n) is 7.97. The number of benzene rings is 2. The first kappa shape index (κ1) is 16.5. The summed E-state index contributed by atoms with van der Waals surface area (Å²) in [6.07, 6.45) is 2.02. The van der Waals surface area contributed by atoms with Crippen LogP contribution < -0.4 is 5.32 Å². The van der Waals surface area contributed by atoms with Gasteiger partial charge in [-0.15, -0.1) is 0 Å². The van der Waals surface area contributed by atoms with Crippen molar-refractivity contribution in [2.45, 2.75) is 30.7 Å². The van der Waals surface area contributed by atoms with Crippen molar-refractivity contribution >= 4 is 17.5 Å². The summed E-state index contributed by atoms with van der Waals surface area (Å²) in [7, 11) is 0. The fourth-order valence-corrected chi connectivity index (χ4v) is 4.90. The molecule has 5 nitrogen and oxygen atoms in total. The minimum Gasteiger partial charge on any atom is -0.395 e. The van der Waals surface area contributed by atoms with E-state index >= 15 is 0 Å². The zero-order valence-electron chi connectivity index (χ0n) is 15.0. The highest BCUT2D eigenvalue weighted by Gasteiger charge is 2.62. The van der Waals surface area contributed by atoms with Crippen molar-refractivity contribution in [2.75, 3.05) is 18.5 Å². The van der Waals surface area contributed by atoms with Crippen LogP contribution in [0.25, 0.3) is 0 Å². The van der Waals surface area contributed by atoms with Crippen molar-refractivity contribution in [3.63, 3.8) is 0 Å². The van der Waals surface area contributed by atoms with Crippen molar-refractivity contribution in [3.05, 3.63) is 65.7 Å². The van der Waals surface area contributed by atoms with Gasteiger partial charge in [0, 0.05) is 12.2 Å². The number of likely N-dealkylation sites (tertiary alicyclic amines) is 1. The summed E-state index contributed by atoms with van der Waals surface area (Å²) >= 11 is 0. The van der Waals surface area contributed by atoms with Gasteiger partial charge in [0.25, 0.3) is 0 Å². The lowest BCUT2D eigenvalue weighted by Gasteiger charge is -2.35. The molecule has 5 heteroatoms. The highest BCUT2D eigenvalue weighted by Crippen LogP contribution is 2.57. The van der Waals surface area contributed by atoms with Gasteiger partial charge in [0.2, 0.25) is 11.8 Å². The van der Waals surface area contributed by atoms with E-state index in [2.05, 4.69) is 5.32 Å². The maximum atomic E-state index is 13.3. The van der Waals surface area contributed by atoms with Crippen LogP contribution in [0, 0.1) is 5.41 Å². The van der Waals surface area contributed by atoms with Crippen molar-refractivity contribution in [1.29, 1.82) is 0 Å². The smallest absolute Gasteiger partial charge is 0.237 e. The fraction of sp³-hybridized carbons (Fsp3) is 0.364. The highest BCUT2D eigenvalue weighted by molar-refractivity contribution is 6.08. The first-order valence-corrected chi connectivity index (χ1v) is 9.50. The number of para-hydroxylation sites is 1. The number of rotatable bonds is 3. The normalized spacial score (nSPS) is 27.5. The summed E-state index contributed by atoms with van der Waals surface area (Å²) in [5.41, 5.74) is 1.34. The topological polar surface area (TPSA) is 69.6 Å². The number of carbonyl (C=O) groups is 2. The molecule has 1 spiro atoms. The number of aliphatic hydroxyl groups excluding tert-OH is 1. The maximum Gasteiger partial charge on any atom is 0.237 e. The van der Waals surface area contributed by atoms with Crippen LogP contribution >= 0.6 is 0 Å². The summed E-state index contributed by atoms with van der Waals surface area (Å²) in [4.78, 5) is 28.4. The molecule has 2 amide bonds. The second-order valence-corrected chi connectivity index (χ2v) is 7.97. The number of hydrogen-bond acceptors (Lipinski definition) is 3. The highest BCUT2D eigenvalue weighted by atomic mass is 16.3. The van der Waals surface area contributed by atoms with Gasteiger partial charge in [-0.1, -0.05) is 48.5 Å². The SMILES string of the molecule is O=C(N1CC[C@]2(C(=O)Nc3ccccc32)[C@@H]1c1ccccc1)C1(CO)CC1. The van der Waals surface area contributed by atoms with Crippen molar-refractivity contribution in [1.82, 2.24) is 4.90 Å². The van der Waals surface area contributed by atoms with Gasteiger partial charge >= 0.3 is 0 Å². The quantitative estimate of drug-likeness (QED) is 0.882. The Morgan fingerprint density at radius 3 is 2.48 bits per heavy atom. The predicted octanol–water partition coefficient (Wildman–Crippen LogP) is 2.62. The summed E-state index contributed by atoms with van der Waals surface area (Å²) < 4.78 is 0. The first-order chi connectivity index (χ1) is 13.1. The molecule has 1 saturated heterocycles. The number of aliphatic hydroxyl groups is 1. The third kappa shape index (κ3) is 2.15. The molecule has 0 unspecified atom stereocenters. The van der Waals surface area contributed by atoms with Crippen molar-refractivity contribution < 1.29 is 14.7 Å².